The molecule has 0 aliphatic rings. The maximum Gasteiger partial charge on any atom is 0.136 e. The summed E-state index contributed by atoms with van der Waals surface area (Å²) in [4.78, 5) is 0. The van der Waals surface area contributed by atoms with Crippen molar-refractivity contribution in [3.63, 3.8) is 0 Å². The van der Waals surface area contributed by atoms with Crippen molar-refractivity contribution >= 4 is 43.5 Å². The molecule has 45 heavy (non-hydrogen) atoms. The van der Waals surface area contributed by atoms with Gasteiger partial charge < -0.3 is 4.42 Å². The molecule has 0 radical (unpaired) electrons. The molecule has 0 aliphatic heterocycles. The third kappa shape index (κ3) is 4.24. The van der Waals surface area contributed by atoms with Gasteiger partial charge in [-0.15, -0.1) is 0 Å². The van der Waals surface area contributed by atoms with Gasteiger partial charge in [0, 0.05) is 10.8 Å². The predicted octanol–water partition coefficient (Wildman–Crippen LogP) is 12.6. The molecule has 0 aliphatic carbocycles. The van der Waals surface area contributed by atoms with Crippen LogP contribution in [0.2, 0.25) is 0 Å². The van der Waals surface area contributed by atoms with Gasteiger partial charge in [-0.3, -0.25) is 0 Å². The number of benzene rings is 8. The van der Waals surface area contributed by atoms with Crippen molar-refractivity contribution in [2.24, 2.45) is 0 Å². The Labute approximate surface area is 279 Å². The number of rotatable bonds is 4. The van der Waals surface area contributed by atoms with Crippen LogP contribution in [-0.4, -0.2) is 0 Å². The van der Waals surface area contributed by atoms with E-state index in [0.29, 0.717) is 22.3 Å². The average Bonchev–Trinajstić information content (AvgIpc) is 3.61. The second-order valence-corrected chi connectivity index (χ2v) is 10.7. The maximum atomic E-state index is 9.23. The summed E-state index contributed by atoms with van der Waals surface area (Å²) in [6.07, 6.45) is 0. The summed E-state index contributed by atoms with van der Waals surface area (Å²) in [5.41, 5.74) is 4.52. The minimum absolute atomic E-state index is 0.0697. The molecule has 8 aromatic carbocycles. The van der Waals surface area contributed by atoms with Crippen molar-refractivity contribution in [1.82, 2.24) is 0 Å². The molecule has 0 unspecified atom stereocenters. The average molecular weight is 586 g/mol. The highest BCUT2D eigenvalue weighted by Crippen LogP contribution is 2.44. The summed E-state index contributed by atoms with van der Waals surface area (Å²) >= 11 is 0. The molecule has 1 heterocycles. The molecular formula is C44H28O. The first kappa shape index (κ1) is 15.7. The molecule has 0 N–H and O–H groups in total. The van der Waals surface area contributed by atoms with Gasteiger partial charge in [-0.1, -0.05) is 139 Å². The fourth-order valence-electron chi connectivity index (χ4n) is 6.16. The largest absolute Gasteiger partial charge is 0.456 e. The summed E-state index contributed by atoms with van der Waals surface area (Å²) in [7, 11) is 0. The second-order valence-electron chi connectivity index (χ2n) is 10.7. The second kappa shape index (κ2) is 10.4. The Morgan fingerprint density at radius 3 is 1.60 bits per heavy atom. The quantitative estimate of drug-likeness (QED) is 0.187. The van der Waals surface area contributed by atoms with Gasteiger partial charge in [0.2, 0.25) is 0 Å². The third-order valence-corrected chi connectivity index (χ3v) is 8.19. The topological polar surface area (TPSA) is 13.1 Å². The third-order valence-electron chi connectivity index (χ3n) is 8.19. The van der Waals surface area contributed by atoms with Crippen LogP contribution < -0.4 is 0 Å². The first-order valence-corrected chi connectivity index (χ1v) is 14.4. The minimum Gasteiger partial charge on any atom is -0.456 e. The summed E-state index contributed by atoms with van der Waals surface area (Å²) in [6.45, 7) is 0. The Hall–Kier alpha value is -5.92. The fraction of sp³-hybridized carbons (Fsp3) is 0. The van der Waals surface area contributed by atoms with E-state index in [4.69, 9.17) is 16.8 Å². The molecule has 1 aromatic heterocycles. The van der Waals surface area contributed by atoms with Crippen LogP contribution in [0, 0.1) is 0 Å². The monoisotopic (exact) mass is 585 g/mol. The van der Waals surface area contributed by atoms with Gasteiger partial charge >= 0.3 is 0 Å². The summed E-state index contributed by atoms with van der Waals surface area (Å²) < 4.78 is 121. The van der Waals surface area contributed by atoms with E-state index in [1.165, 1.54) is 0 Å². The molecule has 0 saturated heterocycles. The smallest absolute Gasteiger partial charge is 0.136 e. The molecule has 0 saturated carbocycles. The zero-order chi connectivity index (χ0) is 41.1. The predicted molar refractivity (Wildman–Crippen MR) is 190 cm³/mol. The lowest BCUT2D eigenvalue weighted by molar-refractivity contribution is 0.669. The molecule has 9 rings (SSSR count). The molecule has 0 atom stereocenters. The first-order chi connectivity index (χ1) is 27.7. The van der Waals surface area contributed by atoms with Crippen molar-refractivity contribution in [2.75, 3.05) is 0 Å². The van der Waals surface area contributed by atoms with Crippen LogP contribution in [0.25, 0.3) is 88.0 Å². The Balaban J connectivity index is 1.36. The van der Waals surface area contributed by atoms with Crippen LogP contribution >= 0.6 is 0 Å². The highest BCUT2D eigenvalue weighted by Gasteiger charge is 2.17. The van der Waals surface area contributed by atoms with E-state index < -0.39 is 84.1 Å². The van der Waals surface area contributed by atoms with Gasteiger partial charge in [-0.2, -0.15) is 0 Å². The Morgan fingerprint density at radius 1 is 0.333 bits per heavy atom. The van der Waals surface area contributed by atoms with Crippen molar-refractivity contribution < 1.29 is 22.2 Å². The van der Waals surface area contributed by atoms with Gasteiger partial charge in [0.25, 0.3) is 0 Å². The number of hydrogen-bond acceptors (Lipinski definition) is 1. The van der Waals surface area contributed by atoms with Gasteiger partial charge in [0.05, 0.1) is 17.8 Å². The lowest BCUT2D eigenvalue weighted by Gasteiger charge is -2.18. The molecule has 1 nitrogen and oxygen atoms in total. The molecule has 1 heteroatoms. The van der Waals surface area contributed by atoms with Gasteiger partial charge in [0.1, 0.15) is 11.2 Å². The molecule has 0 fully saturated rings. The standard InChI is InChI=1S/C44H28O/c1-3-12-29(13-4-1)32-23-25-41-40(27-32)35-24-22-33(28-42(35)45-41)31-16-11-17-34(26-31)44-38-20-9-7-18-36(38)43(30-14-5-2-6-15-30)37-19-8-10-21-39(37)44/h1-28H/i2D,5D,6D,7D,8D,9D,10D,14D,15D,18D,19D,20D,21D. The number of hydrogen-bond donors (Lipinski definition) is 0. The molecule has 0 amide bonds. The van der Waals surface area contributed by atoms with Gasteiger partial charge in [-0.05, 0) is 96.4 Å². The van der Waals surface area contributed by atoms with E-state index in [-0.39, 0.29) is 32.7 Å². The van der Waals surface area contributed by atoms with E-state index in [2.05, 4.69) is 6.07 Å². The highest BCUT2D eigenvalue weighted by atomic mass is 16.3. The van der Waals surface area contributed by atoms with Gasteiger partial charge in [-0.25, -0.2) is 0 Å². The summed E-state index contributed by atoms with van der Waals surface area (Å²) in [5.74, 6) is 0. The molecular weight excluding hydrogens is 544 g/mol. The Morgan fingerprint density at radius 2 is 0.889 bits per heavy atom. The summed E-state index contributed by atoms with van der Waals surface area (Å²) in [5, 5.41) is 1.08. The van der Waals surface area contributed by atoms with E-state index in [1.54, 1.807) is 18.2 Å². The number of fused-ring (bicyclic) bond motifs is 5. The fourth-order valence-corrected chi connectivity index (χ4v) is 6.16. The lowest BCUT2D eigenvalue weighted by Crippen LogP contribution is -1.91. The van der Waals surface area contributed by atoms with Gasteiger partial charge in [0.15, 0.2) is 0 Å². The van der Waals surface area contributed by atoms with Crippen molar-refractivity contribution in [3.8, 4) is 44.5 Å². The minimum atomic E-state index is -0.714. The summed E-state index contributed by atoms with van der Waals surface area (Å²) in [6, 6.07) is 20.5. The van der Waals surface area contributed by atoms with E-state index in [1.807, 2.05) is 66.7 Å². The Kier molecular flexibility index (Phi) is 3.62. The van der Waals surface area contributed by atoms with Crippen LogP contribution in [0.4, 0.5) is 0 Å². The van der Waals surface area contributed by atoms with Crippen LogP contribution in [0.1, 0.15) is 17.8 Å². The lowest BCUT2D eigenvalue weighted by atomic mass is 9.85. The molecule has 210 valence electrons. The normalized spacial score (nSPS) is 15.6. The SMILES string of the molecule is [2H]c1c([2H])c([2H])c(-c2c3c([2H])c([2H])c([2H])c([2H])c3c(-c3cccc(-c4ccc5c(c4)oc4ccc(-c6ccccc6)cc45)c3)c3c([2H])c([2H])c([2H])c([2H])c23)c([2H])c1[2H]. The Bertz CT molecular complexity index is 3150. The zero-order valence-electron chi connectivity index (χ0n) is 36.6. The van der Waals surface area contributed by atoms with E-state index in [0.717, 1.165) is 27.5 Å². The maximum absolute atomic E-state index is 9.23. The van der Waals surface area contributed by atoms with Crippen LogP contribution in [0.15, 0.2) is 174 Å². The van der Waals surface area contributed by atoms with Crippen molar-refractivity contribution in [2.45, 2.75) is 0 Å². The molecule has 9 aromatic rings. The molecule has 0 spiro atoms. The molecule has 0 bridgehead atoms. The zero-order valence-corrected chi connectivity index (χ0v) is 23.6. The first-order valence-electron chi connectivity index (χ1n) is 20.9. The van der Waals surface area contributed by atoms with Crippen molar-refractivity contribution in [1.29, 1.82) is 0 Å². The van der Waals surface area contributed by atoms with Crippen LogP contribution in [-0.2, 0) is 0 Å². The van der Waals surface area contributed by atoms with E-state index >= 15 is 0 Å². The van der Waals surface area contributed by atoms with E-state index in [9.17, 15) is 5.48 Å². The number of furan rings is 1. The highest BCUT2D eigenvalue weighted by molar-refractivity contribution is 6.21. The van der Waals surface area contributed by atoms with Crippen molar-refractivity contribution in [3.05, 3.63) is 170 Å². The van der Waals surface area contributed by atoms with Crippen LogP contribution in [0.3, 0.4) is 0 Å². The van der Waals surface area contributed by atoms with Crippen LogP contribution in [0.5, 0.6) is 0 Å².